The summed E-state index contributed by atoms with van der Waals surface area (Å²) < 4.78 is 7.49. The second kappa shape index (κ2) is 7.19. The molecule has 0 saturated heterocycles. The molecular formula is C24H18Al2O4. The first kappa shape index (κ1) is 19.7. The van der Waals surface area contributed by atoms with Gasteiger partial charge in [0.1, 0.15) is 11.5 Å². The molecule has 0 saturated carbocycles. The van der Waals surface area contributed by atoms with E-state index in [2.05, 4.69) is 56.9 Å². The first-order chi connectivity index (χ1) is 14.3. The van der Waals surface area contributed by atoms with Crippen LogP contribution >= 0.6 is 0 Å². The number of hydrogen-bond acceptors (Lipinski definition) is 3. The summed E-state index contributed by atoms with van der Waals surface area (Å²) in [5.41, 5.74) is 6.13. The molecule has 3 aromatic rings. The summed E-state index contributed by atoms with van der Waals surface area (Å²) >= 11 is 5.30. The summed E-state index contributed by atoms with van der Waals surface area (Å²) in [6.07, 6.45) is 5.90. The summed E-state index contributed by atoms with van der Waals surface area (Å²) in [4.78, 5) is 11.5. The number of carbonyl (C=O) groups is 1. The Morgan fingerprint density at radius 3 is 2.60 bits per heavy atom. The zero-order chi connectivity index (χ0) is 21.2. The van der Waals surface area contributed by atoms with Crippen LogP contribution < -0.4 is 13.6 Å². The molecule has 1 unspecified atom stereocenters. The van der Waals surface area contributed by atoms with E-state index in [-0.39, 0.29) is 5.75 Å². The van der Waals surface area contributed by atoms with E-state index < -0.39 is 12.1 Å². The first-order valence-electron chi connectivity index (χ1n) is 9.93. The number of aromatic hydroxyl groups is 1. The molecule has 0 heterocycles. The van der Waals surface area contributed by atoms with Crippen LogP contribution in [0.4, 0.5) is 0 Å². The quantitative estimate of drug-likeness (QED) is 0.494. The van der Waals surface area contributed by atoms with Crippen molar-refractivity contribution in [3.8, 4) is 22.6 Å². The number of carboxylic acids is 1. The van der Waals surface area contributed by atoms with Crippen LogP contribution in [-0.4, -0.2) is 54.9 Å². The Hall–Kier alpha value is -2.21. The van der Waals surface area contributed by atoms with Crippen molar-refractivity contribution in [2.75, 3.05) is 0 Å². The molecule has 3 aliphatic carbocycles. The van der Waals surface area contributed by atoms with Gasteiger partial charge in [-0.2, -0.15) is 0 Å². The molecule has 0 amide bonds. The molecule has 4 radical (unpaired) electrons. The first-order valence-corrected chi connectivity index (χ1v) is 11.1. The van der Waals surface area contributed by atoms with Crippen LogP contribution in [0.25, 0.3) is 28.0 Å². The van der Waals surface area contributed by atoms with Crippen LogP contribution in [0.2, 0.25) is 0 Å². The minimum atomic E-state index is -1.03. The number of phenols is 1. The number of aliphatic carboxylic acids is 1. The van der Waals surface area contributed by atoms with Crippen molar-refractivity contribution in [1.82, 2.24) is 0 Å². The molecule has 6 rings (SSSR count). The lowest BCUT2D eigenvalue weighted by molar-refractivity contribution is -0.144. The lowest BCUT2D eigenvalue weighted by Gasteiger charge is -2.28. The predicted octanol–water partition coefficient (Wildman–Crippen LogP) is 2.52. The van der Waals surface area contributed by atoms with Gasteiger partial charge in [0, 0.05) is 11.1 Å². The summed E-state index contributed by atoms with van der Waals surface area (Å²) in [5, 5.41) is 22.8. The number of hydrogen-bond donors (Lipinski definition) is 2. The third-order valence-electron chi connectivity index (χ3n) is 5.97. The van der Waals surface area contributed by atoms with E-state index in [1.54, 1.807) is 0 Å². The topological polar surface area (TPSA) is 66.8 Å². The molecule has 6 heteroatoms. The highest BCUT2D eigenvalue weighted by atomic mass is 27.1. The predicted molar refractivity (Wildman–Crippen MR) is 120 cm³/mol. The Labute approximate surface area is 191 Å². The summed E-state index contributed by atoms with van der Waals surface area (Å²) in [5.74, 6) is -0.352. The van der Waals surface area contributed by atoms with E-state index >= 15 is 0 Å². The van der Waals surface area contributed by atoms with Gasteiger partial charge in [-0.15, -0.1) is 0 Å². The molecule has 2 bridgehead atoms. The summed E-state index contributed by atoms with van der Waals surface area (Å²) in [6, 6.07) is 8.34. The van der Waals surface area contributed by atoms with Crippen LogP contribution in [0.15, 0.2) is 30.3 Å². The fraction of sp³-hybridized carbons (Fsp3) is 0.208. The number of carboxylic acid groups (broad SMARTS) is 1. The van der Waals surface area contributed by atoms with E-state index in [9.17, 15) is 15.0 Å². The van der Waals surface area contributed by atoms with Gasteiger partial charge < -0.3 is 14.9 Å². The van der Waals surface area contributed by atoms with Gasteiger partial charge in [0.2, 0.25) is 0 Å². The maximum Gasteiger partial charge on any atom is 0.344 e. The van der Waals surface area contributed by atoms with E-state index in [0.717, 1.165) is 51.2 Å². The third kappa shape index (κ3) is 2.99. The SMILES string of the molecule is CC(Oc1[c]([Al])cc2c(c1-c1c(O)[c]([Al])cc3cc4cc(c13)C4)C=CCC2)C(=O)O. The summed E-state index contributed by atoms with van der Waals surface area (Å²) in [7, 11) is 0. The monoisotopic (exact) mass is 424 g/mol. The molecule has 144 valence electrons. The van der Waals surface area contributed by atoms with Gasteiger partial charge >= 0.3 is 5.97 Å². The van der Waals surface area contributed by atoms with Gasteiger partial charge in [-0.3, -0.25) is 0 Å². The normalized spacial score (nSPS) is 14.8. The Morgan fingerprint density at radius 2 is 1.87 bits per heavy atom. The Bertz CT molecular complexity index is 1280. The largest absolute Gasteiger partial charge is 0.509 e. The Morgan fingerprint density at radius 1 is 1.10 bits per heavy atom. The zero-order valence-corrected chi connectivity index (χ0v) is 18.8. The van der Waals surface area contributed by atoms with Crippen LogP contribution in [0.1, 0.15) is 35.6 Å². The second-order valence-electron chi connectivity index (χ2n) is 8.00. The van der Waals surface area contributed by atoms with Crippen molar-refractivity contribution in [2.45, 2.75) is 32.3 Å². The smallest absolute Gasteiger partial charge is 0.344 e. The molecule has 1 atom stereocenters. The van der Waals surface area contributed by atoms with E-state index in [1.165, 1.54) is 23.6 Å². The Kier molecular flexibility index (Phi) is 4.73. The molecule has 30 heavy (non-hydrogen) atoms. The van der Waals surface area contributed by atoms with Crippen molar-refractivity contribution >= 4 is 64.2 Å². The van der Waals surface area contributed by atoms with E-state index in [0.29, 0.717) is 10.2 Å². The van der Waals surface area contributed by atoms with Gasteiger partial charge in [0.15, 0.2) is 38.7 Å². The van der Waals surface area contributed by atoms with Crippen LogP contribution in [0, 0.1) is 0 Å². The number of fused-ring (bicyclic) bond motifs is 1. The number of rotatable bonds is 4. The molecule has 0 spiro atoms. The minimum absolute atomic E-state index is 0.188. The number of phenolic OH excluding ortho intramolecular Hbond substituents is 1. The van der Waals surface area contributed by atoms with Gasteiger partial charge in [0.05, 0.1) is 0 Å². The standard InChI is InChI=1S/C24H18O4.2Al/c1-13(24(26)27)28-20-9-7-15-4-2-3-5-18(15)22(20)23-19(25)8-6-16-10-14-11-17(12-14)21(16)23;;/h3,5-7,10-11,13,25H,2,4,12H2,1H3,(H,26,27);;. The summed E-state index contributed by atoms with van der Waals surface area (Å²) in [6.45, 7) is 1.52. The van der Waals surface area contributed by atoms with Gasteiger partial charge in [-0.05, 0) is 59.2 Å². The molecule has 0 aliphatic heterocycles. The van der Waals surface area contributed by atoms with Crippen LogP contribution in [-0.2, 0) is 17.6 Å². The minimum Gasteiger partial charge on any atom is -0.509 e. The maximum atomic E-state index is 11.5. The zero-order valence-electron chi connectivity index (χ0n) is 16.5. The van der Waals surface area contributed by atoms with Gasteiger partial charge in [0.25, 0.3) is 0 Å². The van der Waals surface area contributed by atoms with Crippen molar-refractivity contribution in [1.29, 1.82) is 0 Å². The number of allylic oxidation sites excluding steroid dienone is 1. The fourth-order valence-corrected chi connectivity index (χ4v) is 5.22. The molecule has 3 aliphatic rings. The average Bonchev–Trinajstić information content (AvgIpc) is 2.69. The second-order valence-corrected chi connectivity index (χ2v) is 9.25. The highest BCUT2D eigenvalue weighted by Crippen LogP contribution is 2.47. The number of ether oxygens (including phenoxy) is 1. The molecular weight excluding hydrogens is 406 g/mol. The molecule has 2 N–H and O–H groups in total. The van der Waals surface area contributed by atoms with Crippen LogP contribution in [0.5, 0.6) is 11.5 Å². The lowest BCUT2D eigenvalue weighted by atomic mass is 9.81. The highest BCUT2D eigenvalue weighted by Gasteiger charge is 2.28. The molecule has 0 fully saturated rings. The fourth-order valence-electron chi connectivity index (χ4n) is 4.48. The maximum absolute atomic E-state index is 11.5. The number of benzene rings is 3. The van der Waals surface area contributed by atoms with Crippen molar-refractivity contribution < 1.29 is 19.7 Å². The van der Waals surface area contributed by atoms with E-state index in [4.69, 9.17) is 4.74 Å². The van der Waals surface area contributed by atoms with Crippen molar-refractivity contribution in [3.63, 3.8) is 0 Å². The average molecular weight is 424 g/mol. The number of aryl methyl sites for hydroxylation is 1. The molecule has 0 aromatic heterocycles. The van der Waals surface area contributed by atoms with Gasteiger partial charge in [-0.25, -0.2) is 4.79 Å². The van der Waals surface area contributed by atoms with Crippen molar-refractivity contribution in [2.24, 2.45) is 0 Å². The molecule has 4 nitrogen and oxygen atoms in total. The van der Waals surface area contributed by atoms with E-state index in [1.807, 2.05) is 12.1 Å². The Balaban J connectivity index is 1.90. The lowest BCUT2D eigenvalue weighted by Crippen LogP contribution is -2.27. The van der Waals surface area contributed by atoms with Crippen LogP contribution in [0.3, 0.4) is 0 Å². The highest BCUT2D eigenvalue weighted by molar-refractivity contribution is 6.38. The third-order valence-corrected chi connectivity index (χ3v) is 6.84. The van der Waals surface area contributed by atoms with Gasteiger partial charge in [-0.1, -0.05) is 45.3 Å². The molecule has 3 aromatic carbocycles. The van der Waals surface area contributed by atoms with Crippen molar-refractivity contribution in [3.05, 3.63) is 52.6 Å².